The van der Waals surface area contributed by atoms with Gasteiger partial charge in [0.2, 0.25) is 0 Å². The van der Waals surface area contributed by atoms with Gasteiger partial charge in [-0.2, -0.15) is 9.98 Å². The van der Waals surface area contributed by atoms with E-state index in [-0.39, 0.29) is 17.5 Å². The van der Waals surface area contributed by atoms with E-state index in [9.17, 15) is 4.79 Å². The molecule has 4 N–H and O–H groups in total. The first kappa shape index (κ1) is 13.8. The summed E-state index contributed by atoms with van der Waals surface area (Å²) < 4.78 is 1.58. The van der Waals surface area contributed by atoms with Gasteiger partial charge in [-0.05, 0) is 18.6 Å². The van der Waals surface area contributed by atoms with Crippen molar-refractivity contribution in [3.8, 4) is 5.69 Å². The highest BCUT2D eigenvalue weighted by molar-refractivity contribution is 5.78. The zero-order valence-electron chi connectivity index (χ0n) is 11.3. The van der Waals surface area contributed by atoms with Gasteiger partial charge in [-0.15, -0.1) is 0 Å². The molecule has 0 aliphatic heterocycles. The molecule has 0 aliphatic carbocycles. The third kappa shape index (κ3) is 3.03. The summed E-state index contributed by atoms with van der Waals surface area (Å²) in [6, 6.07) is 11.1. The van der Waals surface area contributed by atoms with Crippen LogP contribution in [0.25, 0.3) is 5.69 Å². The van der Waals surface area contributed by atoms with Crippen molar-refractivity contribution in [3.63, 3.8) is 0 Å². The Hall–Kier alpha value is -2.63. The van der Waals surface area contributed by atoms with Crippen LogP contribution < -0.4 is 17.2 Å². The second-order valence-electron chi connectivity index (χ2n) is 4.35. The van der Waals surface area contributed by atoms with Crippen LogP contribution in [0.2, 0.25) is 0 Å². The van der Waals surface area contributed by atoms with Crippen LogP contribution >= 0.6 is 0 Å². The summed E-state index contributed by atoms with van der Waals surface area (Å²) >= 11 is 0. The fourth-order valence-electron chi connectivity index (χ4n) is 2.00. The number of nitrogens with two attached hydrogens (primary N) is 2. The van der Waals surface area contributed by atoms with Crippen molar-refractivity contribution in [2.24, 2.45) is 16.5 Å². The van der Waals surface area contributed by atoms with Crippen LogP contribution in [0, 0.1) is 0 Å². The predicted octanol–water partition coefficient (Wildman–Crippen LogP) is 1.09. The predicted molar refractivity (Wildman–Crippen MR) is 79.3 cm³/mol. The van der Waals surface area contributed by atoms with Gasteiger partial charge in [0.05, 0.1) is 5.69 Å². The molecule has 1 aromatic carbocycles. The van der Waals surface area contributed by atoms with Crippen molar-refractivity contribution in [2.75, 3.05) is 0 Å². The van der Waals surface area contributed by atoms with Crippen LogP contribution in [0.15, 0.2) is 46.2 Å². The number of benzene rings is 1. The molecule has 20 heavy (non-hydrogen) atoms. The van der Waals surface area contributed by atoms with Gasteiger partial charge < -0.3 is 11.5 Å². The Morgan fingerprint density at radius 3 is 2.60 bits per heavy atom. The van der Waals surface area contributed by atoms with E-state index < -0.39 is 0 Å². The molecule has 6 nitrogen and oxygen atoms in total. The normalized spacial score (nSPS) is 10.2. The molecule has 0 aliphatic rings. The lowest BCUT2D eigenvalue weighted by atomic mass is 10.2. The summed E-state index contributed by atoms with van der Waals surface area (Å²) in [7, 11) is 0. The quantitative estimate of drug-likeness (QED) is 0.642. The molecule has 0 spiro atoms. The lowest BCUT2D eigenvalue weighted by Gasteiger charge is -2.12. The number of aromatic nitrogens is 2. The largest absolute Gasteiger partial charge is 0.370 e. The minimum atomic E-state index is -0.387. The highest BCUT2D eigenvalue weighted by Crippen LogP contribution is 2.14. The van der Waals surface area contributed by atoms with Gasteiger partial charge >= 0.3 is 5.69 Å². The van der Waals surface area contributed by atoms with Crippen LogP contribution in [0.1, 0.15) is 19.0 Å². The Morgan fingerprint density at radius 1 is 1.30 bits per heavy atom. The summed E-state index contributed by atoms with van der Waals surface area (Å²) in [5.74, 6) is 0.127. The zero-order valence-corrected chi connectivity index (χ0v) is 11.3. The van der Waals surface area contributed by atoms with Crippen molar-refractivity contribution >= 4 is 11.8 Å². The second-order valence-corrected chi connectivity index (χ2v) is 4.35. The van der Waals surface area contributed by atoms with Gasteiger partial charge in [0, 0.05) is 11.8 Å². The summed E-state index contributed by atoms with van der Waals surface area (Å²) in [4.78, 5) is 20.0. The van der Waals surface area contributed by atoms with Crippen molar-refractivity contribution in [2.45, 2.75) is 19.8 Å². The molecule has 0 unspecified atom stereocenters. The molecule has 0 amide bonds. The molecule has 1 aromatic heterocycles. The lowest BCUT2D eigenvalue weighted by Crippen LogP contribution is -2.26. The van der Waals surface area contributed by atoms with E-state index >= 15 is 0 Å². The number of nitrogens with zero attached hydrogens (tertiary/aromatic N) is 3. The number of aliphatic imine (C=N–C) groups is 1. The Bertz CT molecular complexity index is 672. The highest BCUT2D eigenvalue weighted by Gasteiger charge is 2.09. The van der Waals surface area contributed by atoms with Gasteiger partial charge in [-0.3, -0.25) is 4.57 Å². The van der Waals surface area contributed by atoms with Crippen LogP contribution in [0.3, 0.4) is 0 Å². The maximum absolute atomic E-state index is 12.2. The fraction of sp³-hybridized carbons (Fsp3) is 0.214. The van der Waals surface area contributed by atoms with Crippen LogP contribution in [-0.4, -0.2) is 15.5 Å². The van der Waals surface area contributed by atoms with E-state index in [4.69, 9.17) is 11.5 Å². The van der Waals surface area contributed by atoms with Crippen molar-refractivity contribution in [1.29, 1.82) is 0 Å². The lowest BCUT2D eigenvalue weighted by molar-refractivity contribution is 0.784. The number of guanidine groups is 1. The molecule has 0 fully saturated rings. The highest BCUT2D eigenvalue weighted by atomic mass is 16.1. The van der Waals surface area contributed by atoms with Gasteiger partial charge in [0.15, 0.2) is 11.8 Å². The first-order valence-corrected chi connectivity index (χ1v) is 6.40. The number of hydrogen-bond acceptors (Lipinski definition) is 3. The molecule has 104 valence electrons. The van der Waals surface area contributed by atoms with E-state index in [1.54, 1.807) is 10.6 Å². The average molecular weight is 271 g/mol. The van der Waals surface area contributed by atoms with E-state index in [0.29, 0.717) is 0 Å². The Kier molecular flexibility index (Phi) is 4.14. The molecule has 0 bridgehead atoms. The molecule has 2 aromatic rings. The minimum absolute atomic E-state index is 0.114. The third-order valence-corrected chi connectivity index (χ3v) is 2.75. The van der Waals surface area contributed by atoms with Crippen molar-refractivity contribution < 1.29 is 0 Å². The number of aryl methyl sites for hydroxylation is 1. The van der Waals surface area contributed by atoms with Crippen molar-refractivity contribution in [3.05, 3.63) is 52.6 Å². The monoisotopic (exact) mass is 271 g/mol. The molecular weight excluding hydrogens is 254 g/mol. The summed E-state index contributed by atoms with van der Waals surface area (Å²) in [5.41, 5.74) is 11.9. The zero-order chi connectivity index (χ0) is 14.5. The van der Waals surface area contributed by atoms with Gasteiger partial charge in [0.25, 0.3) is 0 Å². The summed E-state index contributed by atoms with van der Waals surface area (Å²) in [5, 5.41) is 0. The van der Waals surface area contributed by atoms with Gasteiger partial charge in [-0.1, -0.05) is 31.5 Å². The van der Waals surface area contributed by atoms with Crippen LogP contribution in [-0.2, 0) is 6.42 Å². The van der Waals surface area contributed by atoms with E-state index in [1.165, 1.54) is 0 Å². The molecule has 0 radical (unpaired) electrons. The molecular formula is C14H17N5O. The summed E-state index contributed by atoms with van der Waals surface area (Å²) in [6.07, 6.45) is 1.64. The molecule has 0 saturated heterocycles. The Morgan fingerprint density at radius 2 is 2.00 bits per heavy atom. The third-order valence-electron chi connectivity index (χ3n) is 2.75. The SMILES string of the molecule is CCCc1cc(N=C(N)N)nc(=O)n1-c1ccccc1. The topological polar surface area (TPSA) is 99.3 Å². The van der Waals surface area contributed by atoms with Gasteiger partial charge in [-0.25, -0.2) is 4.79 Å². The molecule has 2 rings (SSSR count). The van der Waals surface area contributed by atoms with Gasteiger partial charge in [0.1, 0.15) is 0 Å². The smallest absolute Gasteiger partial charge is 0.354 e. The Labute approximate surface area is 116 Å². The van der Waals surface area contributed by atoms with Crippen molar-refractivity contribution in [1.82, 2.24) is 9.55 Å². The second kappa shape index (κ2) is 6.01. The minimum Gasteiger partial charge on any atom is -0.370 e. The molecule has 0 saturated carbocycles. The molecule has 0 atom stereocenters. The van der Waals surface area contributed by atoms with Crippen LogP contribution in [0.5, 0.6) is 0 Å². The van der Waals surface area contributed by atoms with E-state index in [0.717, 1.165) is 24.2 Å². The molecule has 1 heterocycles. The standard InChI is InChI=1S/C14H17N5O/c1-2-6-11-9-12(17-13(15)16)18-14(20)19(11)10-7-4-3-5-8-10/h3-5,7-9H,2,6H2,1H3,(H4,15,16,17,18,20). The number of hydrogen-bond donors (Lipinski definition) is 2. The maximum Gasteiger partial charge on any atom is 0.354 e. The number of para-hydroxylation sites is 1. The van der Waals surface area contributed by atoms with E-state index in [2.05, 4.69) is 9.98 Å². The van der Waals surface area contributed by atoms with E-state index in [1.807, 2.05) is 37.3 Å². The first-order chi connectivity index (χ1) is 9.61. The summed E-state index contributed by atoms with van der Waals surface area (Å²) in [6.45, 7) is 2.04. The maximum atomic E-state index is 12.2. The van der Waals surface area contributed by atoms with Crippen LogP contribution in [0.4, 0.5) is 5.82 Å². The average Bonchev–Trinajstić information content (AvgIpc) is 2.39. The number of rotatable bonds is 4. The Balaban J connectivity index is 2.62. The fourth-order valence-corrected chi connectivity index (χ4v) is 2.00. The molecule has 6 heteroatoms. The first-order valence-electron chi connectivity index (χ1n) is 6.40.